The van der Waals surface area contributed by atoms with Crippen molar-refractivity contribution in [3.8, 4) is 0 Å². The van der Waals surface area contributed by atoms with Crippen LogP contribution in [0.15, 0.2) is 43.0 Å². The molecule has 0 saturated heterocycles. The van der Waals surface area contributed by atoms with Crippen LogP contribution in [0.2, 0.25) is 0 Å². The summed E-state index contributed by atoms with van der Waals surface area (Å²) in [5, 5.41) is 5.17. The smallest absolute Gasteiger partial charge is 0.328 e. The fourth-order valence-electron chi connectivity index (χ4n) is 2.48. The first-order valence-corrected chi connectivity index (χ1v) is 8.89. The van der Waals surface area contributed by atoms with Gasteiger partial charge >= 0.3 is 5.97 Å². The van der Waals surface area contributed by atoms with Crippen LogP contribution in [-0.4, -0.2) is 37.5 Å². The molecule has 0 unspecified atom stereocenters. The lowest BCUT2D eigenvalue weighted by Gasteiger charge is -2.16. The Hall–Kier alpha value is -2.63. The van der Waals surface area contributed by atoms with Crippen LogP contribution in [0.5, 0.6) is 0 Å². The lowest BCUT2D eigenvalue weighted by atomic mass is 10.1. The SMILES string of the molecule is C=CCCCCCC[C@H](NC(=O)CNC(=O)c1ccccc1)C(=O)OC. The van der Waals surface area contributed by atoms with Gasteiger partial charge in [-0.05, 0) is 31.4 Å². The van der Waals surface area contributed by atoms with Crippen molar-refractivity contribution in [2.24, 2.45) is 0 Å². The zero-order valence-electron chi connectivity index (χ0n) is 15.3. The number of amides is 2. The Morgan fingerprint density at radius 1 is 1.12 bits per heavy atom. The Bertz CT molecular complexity index is 587. The minimum absolute atomic E-state index is 0.194. The number of rotatable bonds is 12. The van der Waals surface area contributed by atoms with E-state index in [4.69, 9.17) is 4.74 Å². The van der Waals surface area contributed by atoms with Gasteiger partial charge in [0.1, 0.15) is 6.04 Å². The minimum atomic E-state index is -0.694. The maximum Gasteiger partial charge on any atom is 0.328 e. The van der Waals surface area contributed by atoms with E-state index in [1.165, 1.54) is 7.11 Å². The average molecular weight is 360 g/mol. The zero-order chi connectivity index (χ0) is 19.2. The van der Waals surface area contributed by atoms with Crippen LogP contribution in [0, 0.1) is 0 Å². The summed E-state index contributed by atoms with van der Waals surface area (Å²) >= 11 is 0. The summed E-state index contributed by atoms with van der Waals surface area (Å²) in [5.74, 6) is -1.23. The molecule has 142 valence electrons. The monoisotopic (exact) mass is 360 g/mol. The van der Waals surface area contributed by atoms with Crippen molar-refractivity contribution in [1.82, 2.24) is 10.6 Å². The molecule has 0 heterocycles. The van der Waals surface area contributed by atoms with Gasteiger partial charge in [0.05, 0.1) is 13.7 Å². The highest BCUT2D eigenvalue weighted by Crippen LogP contribution is 2.09. The topological polar surface area (TPSA) is 84.5 Å². The van der Waals surface area contributed by atoms with Gasteiger partial charge in [0.15, 0.2) is 0 Å². The molecule has 0 aliphatic heterocycles. The molecule has 6 nitrogen and oxygen atoms in total. The number of methoxy groups -OCH3 is 1. The number of esters is 1. The fraction of sp³-hybridized carbons (Fsp3) is 0.450. The van der Waals surface area contributed by atoms with Crippen LogP contribution in [0.25, 0.3) is 0 Å². The molecular weight excluding hydrogens is 332 g/mol. The van der Waals surface area contributed by atoms with E-state index >= 15 is 0 Å². The van der Waals surface area contributed by atoms with Gasteiger partial charge in [-0.2, -0.15) is 0 Å². The third-order valence-corrected chi connectivity index (χ3v) is 3.92. The highest BCUT2D eigenvalue weighted by molar-refractivity contribution is 5.96. The second kappa shape index (κ2) is 12.7. The number of benzene rings is 1. The van der Waals surface area contributed by atoms with Crippen molar-refractivity contribution in [2.45, 2.75) is 44.6 Å². The van der Waals surface area contributed by atoms with E-state index < -0.39 is 17.9 Å². The first-order chi connectivity index (χ1) is 12.6. The summed E-state index contributed by atoms with van der Waals surface area (Å²) in [5.41, 5.74) is 0.476. The first-order valence-electron chi connectivity index (χ1n) is 8.89. The lowest BCUT2D eigenvalue weighted by Crippen LogP contribution is -2.46. The number of nitrogens with one attached hydrogen (secondary N) is 2. The Kier molecular flexibility index (Phi) is 10.5. The molecule has 0 radical (unpaired) electrons. The molecule has 1 atom stereocenters. The van der Waals surface area contributed by atoms with Gasteiger partial charge in [-0.1, -0.05) is 43.5 Å². The van der Waals surface area contributed by atoms with Gasteiger partial charge in [-0.25, -0.2) is 4.79 Å². The highest BCUT2D eigenvalue weighted by Gasteiger charge is 2.21. The quantitative estimate of drug-likeness (QED) is 0.341. The van der Waals surface area contributed by atoms with E-state index in [-0.39, 0.29) is 12.5 Å². The predicted molar refractivity (Wildman–Crippen MR) is 101 cm³/mol. The van der Waals surface area contributed by atoms with Crippen molar-refractivity contribution in [1.29, 1.82) is 0 Å². The van der Waals surface area contributed by atoms with Crippen LogP contribution in [0.1, 0.15) is 48.9 Å². The molecule has 0 spiro atoms. The Morgan fingerprint density at radius 3 is 2.46 bits per heavy atom. The minimum Gasteiger partial charge on any atom is -0.467 e. The van der Waals surface area contributed by atoms with E-state index in [1.807, 2.05) is 12.1 Å². The molecule has 0 fully saturated rings. The zero-order valence-corrected chi connectivity index (χ0v) is 15.3. The number of carbonyl (C=O) groups excluding carboxylic acids is 3. The van der Waals surface area contributed by atoms with Crippen LogP contribution < -0.4 is 10.6 Å². The molecule has 2 N–H and O–H groups in total. The largest absolute Gasteiger partial charge is 0.467 e. The van der Waals surface area contributed by atoms with Crippen LogP contribution in [0.4, 0.5) is 0 Å². The molecule has 0 bridgehead atoms. The summed E-state index contributed by atoms with van der Waals surface area (Å²) < 4.78 is 4.75. The molecule has 0 aliphatic carbocycles. The maximum absolute atomic E-state index is 12.0. The van der Waals surface area contributed by atoms with Gasteiger partial charge in [0.25, 0.3) is 5.91 Å². The van der Waals surface area contributed by atoms with Gasteiger partial charge < -0.3 is 15.4 Å². The third kappa shape index (κ3) is 8.46. The molecule has 0 aromatic heterocycles. The van der Waals surface area contributed by atoms with Crippen LogP contribution in [0.3, 0.4) is 0 Å². The summed E-state index contributed by atoms with van der Waals surface area (Å²) in [4.78, 5) is 35.8. The molecule has 0 aliphatic rings. The van der Waals surface area contributed by atoms with Crippen molar-refractivity contribution in [3.63, 3.8) is 0 Å². The average Bonchev–Trinajstić information content (AvgIpc) is 2.67. The van der Waals surface area contributed by atoms with E-state index in [9.17, 15) is 14.4 Å². The van der Waals surface area contributed by atoms with Crippen molar-refractivity contribution in [3.05, 3.63) is 48.6 Å². The van der Waals surface area contributed by atoms with E-state index in [0.29, 0.717) is 12.0 Å². The number of hydrogen-bond donors (Lipinski definition) is 2. The number of hydrogen-bond acceptors (Lipinski definition) is 4. The molecule has 1 rings (SSSR count). The first kappa shape index (κ1) is 21.4. The maximum atomic E-state index is 12.0. The van der Waals surface area contributed by atoms with Crippen LogP contribution >= 0.6 is 0 Å². The van der Waals surface area contributed by atoms with Crippen molar-refractivity contribution < 1.29 is 19.1 Å². The number of ether oxygens (including phenoxy) is 1. The summed E-state index contributed by atoms with van der Waals surface area (Å²) in [6.45, 7) is 3.49. The van der Waals surface area contributed by atoms with E-state index in [1.54, 1.807) is 24.3 Å². The van der Waals surface area contributed by atoms with Crippen molar-refractivity contribution >= 4 is 17.8 Å². The molecule has 0 saturated carbocycles. The number of carbonyl (C=O) groups is 3. The second-order valence-corrected chi connectivity index (χ2v) is 5.97. The predicted octanol–water partition coefficient (Wildman–Crippen LogP) is 2.60. The molecule has 6 heteroatoms. The lowest BCUT2D eigenvalue weighted by molar-refractivity contribution is -0.145. The summed E-state index contributed by atoms with van der Waals surface area (Å²) in [7, 11) is 1.29. The van der Waals surface area contributed by atoms with Gasteiger partial charge in [0, 0.05) is 5.56 Å². The number of unbranched alkanes of at least 4 members (excludes halogenated alkanes) is 4. The Balaban J connectivity index is 2.38. The standard InChI is InChI=1S/C20H28N2O4/c1-3-4-5-6-7-11-14-17(20(25)26-2)22-18(23)15-21-19(24)16-12-9-8-10-13-16/h3,8-10,12-13,17H,1,4-7,11,14-15H2,2H3,(H,21,24)(H,22,23)/t17-/m0/s1. The second-order valence-electron chi connectivity index (χ2n) is 5.97. The summed E-state index contributed by atoms with van der Waals surface area (Å²) in [6.07, 6.45) is 7.30. The fourth-order valence-corrected chi connectivity index (χ4v) is 2.48. The third-order valence-electron chi connectivity index (χ3n) is 3.92. The Morgan fingerprint density at radius 2 is 1.81 bits per heavy atom. The van der Waals surface area contributed by atoms with E-state index in [2.05, 4.69) is 17.2 Å². The Labute approximate surface area is 155 Å². The van der Waals surface area contributed by atoms with Gasteiger partial charge in [-0.15, -0.1) is 6.58 Å². The molecule has 1 aromatic carbocycles. The highest BCUT2D eigenvalue weighted by atomic mass is 16.5. The van der Waals surface area contributed by atoms with Crippen LogP contribution in [-0.2, 0) is 14.3 Å². The van der Waals surface area contributed by atoms with E-state index in [0.717, 1.165) is 32.1 Å². The molecular formula is C20H28N2O4. The number of allylic oxidation sites excluding steroid dienone is 1. The molecule has 2 amide bonds. The van der Waals surface area contributed by atoms with Gasteiger partial charge in [-0.3, -0.25) is 9.59 Å². The molecule has 1 aromatic rings. The molecule has 26 heavy (non-hydrogen) atoms. The van der Waals surface area contributed by atoms with Gasteiger partial charge in [0.2, 0.25) is 5.91 Å². The normalized spacial score (nSPS) is 11.3. The summed E-state index contributed by atoms with van der Waals surface area (Å²) in [6, 6.07) is 7.94. The van der Waals surface area contributed by atoms with Crippen molar-refractivity contribution in [2.75, 3.05) is 13.7 Å².